The molecule has 128 valence electrons. The SMILES string of the molecule is COC[C@@H](Cc1ccccc1)N(C)CC(=O)NC1CCCCC1. The van der Waals surface area contributed by atoms with Crippen molar-refractivity contribution in [3.05, 3.63) is 35.9 Å². The summed E-state index contributed by atoms with van der Waals surface area (Å²) in [5.74, 6) is 0.133. The van der Waals surface area contributed by atoms with E-state index in [9.17, 15) is 4.79 Å². The average molecular weight is 318 g/mol. The fraction of sp³-hybridized carbons (Fsp3) is 0.632. The summed E-state index contributed by atoms with van der Waals surface area (Å²) >= 11 is 0. The minimum Gasteiger partial charge on any atom is -0.383 e. The first-order chi connectivity index (χ1) is 11.2. The molecule has 0 spiro atoms. The standard InChI is InChI=1S/C19H30N2O2/c1-21(14-19(22)20-17-11-7-4-8-12-17)18(15-23-2)13-16-9-5-3-6-10-16/h3,5-6,9-10,17-18H,4,7-8,11-15H2,1-2H3,(H,20,22)/t18-/m1/s1. The van der Waals surface area contributed by atoms with Gasteiger partial charge in [0, 0.05) is 19.2 Å². The van der Waals surface area contributed by atoms with Gasteiger partial charge < -0.3 is 10.1 Å². The Balaban J connectivity index is 1.84. The number of hydrogen-bond acceptors (Lipinski definition) is 3. The zero-order valence-corrected chi connectivity index (χ0v) is 14.5. The van der Waals surface area contributed by atoms with Gasteiger partial charge >= 0.3 is 0 Å². The first kappa shape index (κ1) is 18.0. The lowest BCUT2D eigenvalue weighted by molar-refractivity contribution is -0.123. The highest BCUT2D eigenvalue weighted by Crippen LogP contribution is 2.17. The maximum absolute atomic E-state index is 12.3. The van der Waals surface area contributed by atoms with E-state index in [1.54, 1.807) is 7.11 Å². The minimum absolute atomic E-state index is 0.133. The molecule has 0 radical (unpaired) electrons. The lowest BCUT2D eigenvalue weighted by Gasteiger charge is -2.29. The third-order valence-corrected chi connectivity index (χ3v) is 4.66. The number of hydrogen-bond donors (Lipinski definition) is 1. The summed E-state index contributed by atoms with van der Waals surface area (Å²) in [5.41, 5.74) is 1.27. The monoisotopic (exact) mass is 318 g/mol. The Kier molecular flexibility index (Phi) is 7.56. The third kappa shape index (κ3) is 6.32. The maximum Gasteiger partial charge on any atom is 0.234 e. The Morgan fingerprint density at radius 3 is 2.61 bits per heavy atom. The molecule has 0 aromatic heterocycles. The van der Waals surface area contributed by atoms with Gasteiger partial charge in [0.25, 0.3) is 0 Å². The molecule has 1 aliphatic carbocycles. The molecular formula is C19H30N2O2. The summed E-state index contributed by atoms with van der Waals surface area (Å²) in [6, 6.07) is 11.0. The van der Waals surface area contributed by atoms with Crippen molar-refractivity contribution in [2.24, 2.45) is 0 Å². The van der Waals surface area contributed by atoms with E-state index in [4.69, 9.17) is 4.74 Å². The fourth-order valence-corrected chi connectivity index (χ4v) is 3.30. The molecule has 4 heteroatoms. The number of likely N-dealkylation sites (N-methyl/N-ethyl adjacent to an activating group) is 1. The summed E-state index contributed by atoms with van der Waals surface area (Å²) in [4.78, 5) is 14.4. The number of ether oxygens (including phenoxy) is 1. The van der Waals surface area contributed by atoms with Crippen LogP contribution in [-0.4, -0.2) is 50.2 Å². The van der Waals surface area contributed by atoms with Gasteiger partial charge in [-0.05, 0) is 31.9 Å². The predicted octanol–water partition coefficient (Wildman–Crippen LogP) is 2.62. The number of rotatable bonds is 8. The predicted molar refractivity (Wildman–Crippen MR) is 93.5 cm³/mol. The van der Waals surface area contributed by atoms with Gasteiger partial charge in [0.2, 0.25) is 5.91 Å². The number of nitrogens with zero attached hydrogens (tertiary/aromatic N) is 1. The van der Waals surface area contributed by atoms with E-state index in [2.05, 4.69) is 34.5 Å². The van der Waals surface area contributed by atoms with Crippen molar-refractivity contribution in [1.29, 1.82) is 0 Å². The second-order valence-corrected chi connectivity index (χ2v) is 6.62. The van der Waals surface area contributed by atoms with E-state index in [0.29, 0.717) is 19.2 Å². The van der Waals surface area contributed by atoms with Crippen molar-refractivity contribution in [3.63, 3.8) is 0 Å². The van der Waals surface area contributed by atoms with Crippen LogP contribution in [0, 0.1) is 0 Å². The molecule has 1 aromatic carbocycles. The molecule has 1 amide bonds. The molecule has 0 bridgehead atoms. The van der Waals surface area contributed by atoms with E-state index in [1.165, 1.54) is 24.8 Å². The minimum atomic E-state index is 0.133. The molecule has 4 nitrogen and oxygen atoms in total. The van der Waals surface area contributed by atoms with Crippen LogP contribution < -0.4 is 5.32 Å². The summed E-state index contributed by atoms with van der Waals surface area (Å²) < 4.78 is 5.36. The average Bonchev–Trinajstić information content (AvgIpc) is 2.56. The number of carbonyl (C=O) groups is 1. The molecule has 1 saturated carbocycles. The maximum atomic E-state index is 12.3. The highest BCUT2D eigenvalue weighted by atomic mass is 16.5. The first-order valence-electron chi connectivity index (χ1n) is 8.71. The van der Waals surface area contributed by atoms with Crippen molar-refractivity contribution in [2.45, 2.75) is 50.6 Å². The zero-order chi connectivity index (χ0) is 16.5. The highest BCUT2D eigenvalue weighted by molar-refractivity contribution is 5.78. The number of carbonyl (C=O) groups excluding carboxylic acids is 1. The Hall–Kier alpha value is -1.39. The molecule has 1 fully saturated rings. The number of nitrogens with one attached hydrogen (secondary N) is 1. The fourth-order valence-electron chi connectivity index (χ4n) is 3.30. The van der Waals surface area contributed by atoms with Crippen LogP contribution in [0.15, 0.2) is 30.3 Å². The summed E-state index contributed by atoms with van der Waals surface area (Å²) in [5, 5.41) is 3.19. The van der Waals surface area contributed by atoms with Crippen LogP contribution in [0.2, 0.25) is 0 Å². The molecule has 23 heavy (non-hydrogen) atoms. The first-order valence-corrected chi connectivity index (χ1v) is 8.71. The van der Waals surface area contributed by atoms with Crippen molar-refractivity contribution >= 4 is 5.91 Å². The van der Waals surface area contributed by atoms with Crippen LogP contribution >= 0.6 is 0 Å². The molecule has 1 aromatic rings. The topological polar surface area (TPSA) is 41.6 Å². The molecule has 1 aliphatic rings. The van der Waals surface area contributed by atoms with Gasteiger partial charge in [-0.1, -0.05) is 49.6 Å². The molecule has 0 aliphatic heterocycles. The normalized spacial score (nSPS) is 17.2. The lowest BCUT2D eigenvalue weighted by Crippen LogP contribution is -2.46. The summed E-state index contributed by atoms with van der Waals surface area (Å²) in [6.07, 6.45) is 6.92. The molecule has 2 rings (SSSR count). The van der Waals surface area contributed by atoms with Crippen molar-refractivity contribution < 1.29 is 9.53 Å². The zero-order valence-electron chi connectivity index (χ0n) is 14.5. The number of benzene rings is 1. The van der Waals surface area contributed by atoms with Gasteiger partial charge in [0.1, 0.15) is 0 Å². The smallest absolute Gasteiger partial charge is 0.234 e. The van der Waals surface area contributed by atoms with Crippen molar-refractivity contribution in [3.8, 4) is 0 Å². The van der Waals surface area contributed by atoms with Crippen molar-refractivity contribution in [2.75, 3.05) is 27.3 Å². The van der Waals surface area contributed by atoms with Gasteiger partial charge in [-0.15, -0.1) is 0 Å². The van der Waals surface area contributed by atoms with Gasteiger partial charge in [-0.2, -0.15) is 0 Å². The van der Waals surface area contributed by atoms with Crippen molar-refractivity contribution in [1.82, 2.24) is 10.2 Å². The second-order valence-electron chi connectivity index (χ2n) is 6.62. The Morgan fingerprint density at radius 1 is 1.26 bits per heavy atom. The number of methoxy groups -OCH3 is 1. The van der Waals surface area contributed by atoms with E-state index in [1.807, 2.05) is 13.1 Å². The van der Waals surface area contributed by atoms with E-state index >= 15 is 0 Å². The largest absolute Gasteiger partial charge is 0.383 e. The Bertz CT molecular complexity index is 458. The van der Waals surface area contributed by atoms with Crippen LogP contribution in [-0.2, 0) is 16.0 Å². The molecule has 1 N–H and O–H groups in total. The van der Waals surface area contributed by atoms with Crippen LogP contribution in [0.5, 0.6) is 0 Å². The molecule has 0 unspecified atom stereocenters. The number of amides is 1. The van der Waals surface area contributed by atoms with E-state index < -0.39 is 0 Å². The van der Waals surface area contributed by atoms with Crippen LogP contribution in [0.4, 0.5) is 0 Å². The van der Waals surface area contributed by atoms with Gasteiger partial charge in [0.15, 0.2) is 0 Å². The quantitative estimate of drug-likeness (QED) is 0.801. The van der Waals surface area contributed by atoms with Gasteiger partial charge in [-0.3, -0.25) is 9.69 Å². The summed E-state index contributed by atoms with van der Waals surface area (Å²) in [7, 11) is 3.72. The van der Waals surface area contributed by atoms with E-state index in [-0.39, 0.29) is 11.9 Å². The van der Waals surface area contributed by atoms with Crippen LogP contribution in [0.1, 0.15) is 37.7 Å². The second kappa shape index (κ2) is 9.68. The molecule has 0 saturated heterocycles. The summed E-state index contributed by atoms with van der Waals surface area (Å²) in [6.45, 7) is 1.06. The van der Waals surface area contributed by atoms with Crippen LogP contribution in [0.25, 0.3) is 0 Å². The molecule has 0 heterocycles. The van der Waals surface area contributed by atoms with Gasteiger partial charge in [0.05, 0.1) is 13.2 Å². The van der Waals surface area contributed by atoms with E-state index in [0.717, 1.165) is 19.3 Å². The molecule has 1 atom stereocenters. The Labute approximate surface area is 140 Å². The third-order valence-electron chi connectivity index (χ3n) is 4.66. The molecular weight excluding hydrogens is 288 g/mol. The Morgan fingerprint density at radius 2 is 1.96 bits per heavy atom. The van der Waals surface area contributed by atoms with Gasteiger partial charge in [-0.25, -0.2) is 0 Å². The highest BCUT2D eigenvalue weighted by Gasteiger charge is 2.20. The lowest BCUT2D eigenvalue weighted by atomic mass is 9.95. The van der Waals surface area contributed by atoms with Crippen LogP contribution in [0.3, 0.4) is 0 Å².